The van der Waals surface area contributed by atoms with Crippen LogP contribution in [-0.4, -0.2) is 17.5 Å². The molecule has 1 aliphatic heterocycles. The lowest BCUT2D eigenvalue weighted by Gasteiger charge is -2.12. The third-order valence-corrected chi connectivity index (χ3v) is 4.76. The van der Waals surface area contributed by atoms with Gasteiger partial charge in [-0.25, -0.2) is 4.79 Å². The van der Waals surface area contributed by atoms with E-state index in [4.69, 9.17) is 9.15 Å². The molecule has 0 radical (unpaired) electrons. The van der Waals surface area contributed by atoms with Gasteiger partial charge in [0.2, 0.25) is 0 Å². The van der Waals surface area contributed by atoms with E-state index in [2.05, 4.69) is 10.3 Å². The van der Waals surface area contributed by atoms with Crippen LogP contribution in [0.5, 0.6) is 0 Å². The molecule has 1 aliphatic rings. The maximum Gasteiger partial charge on any atom is 0.349 e. The number of pyridine rings is 1. The molecule has 1 amide bonds. The fourth-order valence-electron chi connectivity index (χ4n) is 3.42. The minimum absolute atomic E-state index is 0.00817. The Labute approximate surface area is 156 Å². The summed E-state index contributed by atoms with van der Waals surface area (Å²) in [7, 11) is 0. The summed E-state index contributed by atoms with van der Waals surface area (Å²) in [6, 6.07) is 11.0. The van der Waals surface area contributed by atoms with Crippen molar-refractivity contribution in [3.05, 3.63) is 69.4 Å². The van der Waals surface area contributed by atoms with E-state index in [1.165, 1.54) is 0 Å². The lowest BCUT2D eigenvalue weighted by atomic mass is 10.1. The summed E-state index contributed by atoms with van der Waals surface area (Å²) in [5, 5.41) is 3.64. The SMILES string of the molecule is Cc1ccc2c(NC(=O)c3c(C)cc(C4CCCO4)oc3=O)cccc2n1. The molecule has 4 rings (SSSR count). The van der Waals surface area contributed by atoms with Crippen molar-refractivity contribution in [3.8, 4) is 0 Å². The van der Waals surface area contributed by atoms with Crippen molar-refractivity contribution in [2.45, 2.75) is 32.8 Å². The molecular formula is C21H20N2O4. The molecule has 0 bridgehead atoms. The van der Waals surface area contributed by atoms with E-state index >= 15 is 0 Å². The molecule has 0 saturated carbocycles. The van der Waals surface area contributed by atoms with Crippen LogP contribution in [0.4, 0.5) is 5.69 Å². The summed E-state index contributed by atoms with van der Waals surface area (Å²) in [4.78, 5) is 29.7. The smallest absolute Gasteiger partial charge is 0.349 e. The second kappa shape index (κ2) is 6.96. The molecule has 2 aromatic heterocycles. The van der Waals surface area contributed by atoms with Gasteiger partial charge in [0, 0.05) is 17.7 Å². The number of anilines is 1. The highest BCUT2D eigenvalue weighted by Crippen LogP contribution is 2.29. The van der Waals surface area contributed by atoms with Crippen LogP contribution in [0.25, 0.3) is 10.9 Å². The first-order valence-corrected chi connectivity index (χ1v) is 8.97. The summed E-state index contributed by atoms with van der Waals surface area (Å²) in [6.07, 6.45) is 1.54. The molecule has 3 aromatic rings. The molecule has 6 heteroatoms. The molecule has 1 atom stereocenters. The number of fused-ring (bicyclic) bond motifs is 1. The van der Waals surface area contributed by atoms with Gasteiger partial charge in [0.25, 0.3) is 5.91 Å². The van der Waals surface area contributed by atoms with Crippen LogP contribution >= 0.6 is 0 Å². The van der Waals surface area contributed by atoms with Crippen LogP contribution in [0.1, 0.15) is 46.3 Å². The Morgan fingerprint density at radius 3 is 2.81 bits per heavy atom. The normalized spacial score (nSPS) is 16.6. The van der Waals surface area contributed by atoms with Crippen molar-refractivity contribution < 1.29 is 13.9 Å². The largest absolute Gasteiger partial charge is 0.424 e. The zero-order valence-corrected chi connectivity index (χ0v) is 15.2. The van der Waals surface area contributed by atoms with Crippen LogP contribution in [0.15, 0.2) is 45.6 Å². The molecule has 1 unspecified atom stereocenters. The van der Waals surface area contributed by atoms with Crippen molar-refractivity contribution in [1.29, 1.82) is 0 Å². The first-order valence-electron chi connectivity index (χ1n) is 8.97. The van der Waals surface area contributed by atoms with Gasteiger partial charge in [-0.05, 0) is 62.6 Å². The maximum atomic E-state index is 12.8. The molecule has 1 aromatic carbocycles. The first kappa shape index (κ1) is 17.4. The fourth-order valence-corrected chi connectivity index (χ4v) is 3.42. The minimum atomic E-state index is -0.646. The second-order valence-corrected chi connectivity index (χ2v) is 6.77. The Morgan fingerprint density at radius 2 is 2.07 bits per heavy atom. The van der Waals surface area contributed by atoms with Gasteiger partial charge in [0.15, 0.2) is 0 Å². The highest BCUT2D eigenvalue weighted by atomic mass is 16.5. The van der Waals surface area contributed by atoms with Gasteiger partial charge in [0.05, 0.1) is 11.2 Å². The average molecular weight is 364 g/mol. The van der Waals surface area contributed by atoms with Gasteiger partial charge in [-0.15, -0.1) is 0 Å². The molecule has 1 saturated heterocycles. The summed E-state index contributed by atoms with van der Waals surface area (Å²) < 4.78 is 10.9. The quantitative estimate of drug-likeness (QED) is 0.762. The van der Waals surface area contributed by atoms with Crippen LogP contribution in [0.3, 0.4) is 0 Å². The van der Waals surface area contributed by atoms with Gasteiger partial charge < -0.3 is 14.5 Å². The Morgan fingerprint density at radius 1 is 1.22 bits per heavy atom. The van der Waals surface area contributed by atoms with Crippen molar-refractivity contribution in [1.82, 2.24) is 4.98 Å². The summed E-state index contributed by atoms with van der Waals surface area (Å²) >= 11 is 0. The lowest BCUT2D eigenvalue weighted by molar-refractivity contribution is 0.0895. The zero-order valence-electron chi connectivity index (χ0n) is 15.2. The summed E-state index contributed by atoms with van der Waals surface area (Å²) in [6.45, 7) is 4.30. The molecular weight excluding hydrogens is 344 g/mol. The number of nitrogens with one attached hydrogen (secondary N) is 1. The van der Waals surface area contributed by atoms with Crippen molar-refractivity contribution in [3.63, 3.8) is 0 Å². The molecule has 0 spiro atoms. The van der Waals surface area contributed by atoms with E-state index in [-0.39, 0.29) is 11.7 Å². The molecule has 138 valence electrons. The number of ether oxygens (including phenoxy) is 1. The van der Waals surface area contributed by atoms with Gasteiger partial charge in [-0.2, -0.15) is 0 Å². The second-order valence-electron chi connectivity index (χ2n) is 6.77. The van der Waals surface area contributed by atoms with E-state index in [9.17, 15) is 9.59 Å². The van der Waals surface area contributed by atoms with E-state index in [0.717, 1.165) is 29.4 Å². The van der Waals surface area contributed by atoms with Gasteiger partial charge in [-0.1, -0.05) is 6.07 Å². The Hall–Kier alpha value is -2.99. The standard InChI is InChI=1S/C21H20N2O4/c1-12-11-18(17-7-4-10-26-17)27-21(25)19(12)20(24)23-16-6-3-5-15-14(16)9-8-13(2)22-15/h3,5-6,8-9,11,17H,4,7,10H2,1-2H3,(H,23,24). The number of benzene rings is 1. The minimum Gasteiger partial charge on any atom is -0.424 e. The van der Waals surface area contributed by atoms with E-state index in [1.807, 2.05) is 31.2 Å². The number of hydrogen-bond acceptors (Lipinski definition) is 5. The highest BCUT2D eigenvalue weighted by molar-refractivity contribution is 6.09. The van der Waals surface area contributed by atoms with Crippen LogP contribution in [0.2, 0.25) is 0 Å². The van der Waals surface area contributed by atoms with Gasteiger partial charge in [0.1, 0.15) is 17.4 Å². The van der Waals surface area contributed by atoms with Crippen LogP contribution in [0, 0.1) is 13.8 Å². The number of hydrogen-bond donors (Lipinski definition) is 1. The first-order chi connectivity index (χ1) is 13.0. The van der Waals surface area contributed by atoms with Crippen molar-refractivity contribution in [2.24, 2.45) is 0 Å². The molecule has 27 heavy (non-hydrogen) atoms. The van der Waals surface area contributed by atoms with E-state index < -0.39 is 11.5 Å². The molecule has 3 heterocycles. The summed E-state index contributed by atoms with van der Waals surface area (Å²) in [5.41, 5.74) is 2.22. The number of nitrogens with zero attached hydrogens (tertiary/aromatic N) is 1. The van der Waals surface area contributed by atoms with Crippen molar-refractivity contribution in [2.75, 3.05) is 11.9 Å². The average Bonchev–Trinajstić information content (AvgIpc) is 3.15. The predicted molar refractivity (Wildman–Crippen MR) is 102 cm³/mol. The third kappa shape index (κ3) is 3.36. The third-order valence-electron chi connectivity index (χ3n) is 4.76. The Bertz CT molecular complexity index is 1080. The van der Waals surface area contributed by atoms with Crippen LogP contribution < -0.4 is 10.9 Å². The molecule has 0 aliphatic carbocycles. The topological polar surface area (TPSA) is 81.4 Å². The fraction of sp³-hybridized carbons (Fsp3) is 0.286. The van der Waals surface area contributed by atoms with E-state index in [0.29, 0.717) is 23.6 Å². The van der Waals surface area contributed by atoms with Gasteiger partial charge in [-0.3, -0.25) is 9.78 Å². The molecule has 1 fully saturated rings. The molecule has 6 nitrogen and oxygen atoms in total. The van der Waals surface area contributed by atoms with Crippen molar-refractivity contribution >= 4 is 22.5 Å². The predicted octanol–water partition coefficient (Wildman–Crippen LogP) is 3.91. The Kier molecular flexibility index (Phi) is 4.49. The zero-order chi connectivity index (χ0) is 19.0. The number of carbonyl (C=O) groups is 1. The van der Waals surface area contributed by atoms with Crippen LogP contribution in [-0.2, 0) is 4.74 Å². The maximum absolute atomic E-state index is 12.8. The monoisotopic (exact) mass is 364 g/mol. The summed E-state index contributed by atoms with van der Waals surface area (Å²) in [5.74, 6) is -0.00963. The van der Waals surface area contributed by atoms with E-state index in [1.54, 1.807) is 19.1 Å². The highest BCUT2D eigenvalue weighted by Gasteiger charge is 2.24. The van der Waals surface area contributed by atoms with Gasteiger partial charge >= 0.3 is 5.63 Å². The number of rotatable bonds is 3. The number of aromatic nitrogens is 1. The lowest BCUT2D eigenvalue weighted by Crippen LogP contribution is -2.23. The Balaban J connectivity index is 1.67. The number of aryl methyl sites for hydroxylation is 2. The number of carbonyl (C=O) groups excluding carboxylic acids is 1. The molecule has 1 N–H and O–H groups in total. The number of amides is 1.